The Morgan fingerprint density at radius 3 is 2.85 bits per heavy atom. The number of aliphatic hydroxyl groups is 2. The number of esters is 2. The average molecular weight is 362 g/mol. The fourth-order valence-electron chi connectivity index (χ4n) is 3.23. The molecule has 0 bridgehead atoms. The van der Waals surface area contributed by atoms with Gasteiger partial charge in [0, 0.05) is 17.6 Å². The van der Waals surface area contributed by atoms with Crippen molar-refractivity contribution in [1.82, 2.24) is 0 Å². The van der Waals surface area contributed by atoms with Gasteiger partial charge >= 0.3 is 11.9 Å². The number of rotatable bonds is 4. The fraction of sp³-hybridized carbons (Fsp3) is 0.500. The van der Waals surface area contributed by atoms with Crippen LogP contribution < -0.4 is 0 Å². The Hall–Kier alpha value is -2.18. The van der Waals surface area contributed by atoms with Crippen molar-refractivity contribution in [1.29, 1.82) is 0 Å². The molecule has 1 aliphatic carbocycles. The number of carbonyl (C=O) groups is 2. The summed E-state index contributed by atoms with van der Waals surface area (Å²) in [6.07, 6.45) is 5.79. The molecule has 0 aromatic rings. The van der Waals surface area contributed by atoms with Gasteiger partial charge in [-0.05, 0) is 44.4 Å². The largest absolute Gasteiger partial charge is 0.458 e. The van der Waals surface area contributed by atoms with Crippen LogP contribution in [0, 0.1) is 5.92 Å². The van der Waals surface area contributed by atoms with E-state index in [9.17, 15) is 14.7 Å². The van der Waals surface area contributed by atoms with Crippen LogP contribution in [-0.2, 0) is 19.1 Å². The molecule has 2 N–H and O–H groups in total. The molecule has 1 saturated heterocycles. The monoisotopic (exact) mass is 362 g/mol. The second kappa shape index (κ2) is 8.96. The van der Waals surface area contributed by atoms with Gasteiger partial charge in [-0.25, -0.2) is 9.59 Å². The van der Waals surface area contributed by atoms with E-state index >= 15 is 0 Å². The summed E-state index contributed by atoms with van der Waals surface area (Å²) in [5, 5.41) is 18.6. The SMILES string of the molecule is C=C1C(=O)OC2CC(C)=CCCC(CO)=CC(OC(=O)C(C)=CCO)C12. The number of hydrogen-bond acceptors (Lipinski definition) is 6. The summed E-state index contributed by atoms with van der Waals surface area (Å²) >= 11 is 0. The molecule has 0 aromatic carbocycles. The molecule has 0 radical (unpaired) electrons. The first kappa shape index (κ1) is 20.1. The van der Waals surface area contributed by atoms with Gasteiger partial charge in [0.15, 0.2) is 0 Å². The van der Waals surface area contributed by atoms with E-state index in [1.54, 1.807) is 13.0 Å². The normalized spacial score (nSPS) is 27.2. The average Bonchev–Trinajstić information content (AvgIpc) is 2.86. The van der Waals surface area contributed by atoms with Gasteiger partial charge in [0.1, 0.15) is 12.2 Å². The molecule has 26 heavy (non-hydrogen) atoms. The lowest BCUT2D eigenvalue weighted by atomic mass is 9.85. The topological polar surface area (TPSA) is 93.1 Å². The van der Waals surface area contributed by atoms with Crippen LogP contribution in [-0.4, -0.2) is 47.6 Å². The van der Waals surface area contributed by atoms with Gasteiger partial charge in [0.2, 0.25) is 0 Å². The predicted octanol–water partition coefficient (Wildman–Crippen LogP) is 1.98. The van der Waals surface area contributed by atoms with Crippen LogP contribution in [0.15, 0.2) is 47.1 Å². The van der Waals surface area contributed by atoms with Crippen molar-refractivity contribution in [3.05, 3.63) is 47.1 Å². The quantitative estimate of drug-likeness (QED) is 0.451. The van der Waals surface area contributed by atoms with E-state index in [1.807, 2.05) is 6.92 Å². The number of aliphatic hydroxyl groups excluding tert-OH is 2. The Balaban J connectivity index is 2.40. The Bertz CT molecular complexity index is 670. The Kier molecular flexibility index (Phi) is 6.94. The van der Waals surface area contributed by atoms with Crippen LogP contribution in [0.2, 0.25) is 0 Å². The molecular weight excluding hydrogens is 336 g/mol. The third-order valence-electron chi connectivity index (χ3n) is 4.72. The molecule has 3 atom stereocenters. The highest BCUT2D eigenvalue weighted by Crippen LogP contribution is 2.36. The van der Waals surface area contributed by atoms with Gasteiger partial charge in [-0.15, -0.1) is 0 Å². The second-order valence-corrected chi connectivity index (χ2v) is 6.71. The van der Waals surface area contributed by atoms with Crippen LogP contribution >= 0.6 is 0 Å². The lowest BCUT2D eigenvalue weighted by Gasteiger charge is -2.27. The lowest BCUT2D eigenvalue weighted by Crippen LogP contribution is -2.33. The van der Waals surface area contributed by atoms with Gasteiger partial charge in [0.25, 0.3) is 0 Å². The van der Waals surface area contributed by atoms with E-state index in [4.69, 9.17) is 14.6 Å². The minimum Gasteiger partial charge on any atom is -0.458 e. The van der Waals surface area contributed by atoms with Crippen LogP contribution in [0.4, 0.5) is 0 Å². The number of fused-ring (bicyclic) bond motifs is 1. The molecule has 1 heterocycles. The summed E-state index contributed by atoms with van der Waals surface area (Å²) in [6.45, 7) is 6.91. The van der Waals surface area contributed by atoms with Crippen molar-refractivity contribution >= 4 is 11.9 Å². The molecule has 2 aliphatic rings. The van der Waals surface area contributed by atoms with Gasteiger partial charge in [0.05, 0.1) is 19.1 Å². The van der Waals surface area contributed by atoms with Crippen LogP contribution in [0.1, 0.15) is 33.1 Å². The van der Waals surface area contributed by atoms with Crippen LogP contribution in [0.5, 0.6) is 0 Å². The molecule has 1 fully saturated rings. The molecule has 142 valence electrons. The Morgan fingerprint density at radius 1 is 1.46 bits per heavy atom. The van der Waals surface area contributed by atoms with E-state index < -0.39 is 30.1 Å². The Labute approximate surface area is 153 Å². The third-order valence-corrected chi connectivity index (χ3v) is 4.72. The molecule has 6 heteroatoms. The maximum Gasteiger partial charge on any atom is 0.334 e. The zero-order valence-corrected chi connectivity index (χ0v) is 15.2. The summed E-state index contributed by atoms with van der Waals surface area (Å²) < 4.78 is 11.1. The summed E-state index contributed by atoms with van der Waals surface area (Å²) in [7, 11) is 0. The van der Waals surface area contributed by atoms with Crippen molar-refractivity contribution < 1.29 is 29.3 Å². The van der Waals surface area contributed by atoms with Crippen molar-refractivity contribution in [2.75, 3.05) is 13.2 Å². The molecule has 0 spiro atoms. The first-order valence-corrected chi connectivity index (χ1v) is 8.71. The highest BCUT2D eigenvalue weighted by Gasteiger charge is 2.44. The summed E-state index contributed by atoms with van der Waals surface area (Å²) in [4.78, 5) is 24.4. The van der Waals surface area contributed by atoms with Crippen molar-refractivity contribution in [3.63, 3.8) is 0 Å². The van der Waals surface area contributed by atoms with Crippen LogP contribution in [0.3, 0.4) is 0 Å². The zero-order chi connectivity index (χ0) is 19.3. The van der Waals surface area contributed by atoms with E-state index in [2.05, 4.69) is 12.7 Å². The Morgan fingerprint density at radius 2 is 2.19 bits per heavy atom. The maximum atomic E-state index is 12.3. The summed E-state index contributed by atoms with van der Waals surface area (Å²) in [5.41, 5.74) is 2.33. The molecule has 1 aliphatic heterocycles. The van der Waals surface area contributed by atoms with Gasteiger partial charge in [-0.3, -0.25) is 0 Å². The first-order valence-electron chi connectivity index (χ1n) is 8.71. The molecule has 0 saturated carbocycles. The maximum absolute atomic E-state index is 12.3. The van der Waals surface area contributed by atoms with Gasteiger partial charge < -0.3 is 19.7 Å². The third kappa shape index (κ3) is 4.71. The molecular formula is C20H26O6. The smallest absolute Gasteiger partial charge is 0.334 e. The second-order valence-electron chi connectivity index (χ2n) is 6.71. The van der Waals surface area contributed by atoms with Crippen molar-refractivity contribution in [2.45, 2.75) is 45.3 Å². The molecule has 2 rings (SSSR count). The number of allylic oxidation sites excluding steroid dienone is 1. The van der Waals surface area contributed by atoms with Gasteiger partial charge in [-0.2, -0.15) is 0 Å². The van der Waals surface area contributed by atoms with E-state index in [0.717, 1.165) is 17.6 Å². The minimum atomic E-state index is -0.776. The number of carbonyl (C=O) groups excluding carboxylic acids is 2. The van der Waals surface area contributed by atoms with E-state index in [0.29, 0.717) is 12.8 Å². The highest BCUT2D eigenvalue weighted by atomic mass is 16.6. The first-order chi connectivity index (χ1) is 12.4. The highest BCUT2D eigenvalue weighted by molar-refractivity contribution is 5.91. The standard InChI is InChI=1S/C20H26O6/c1-12-5-4-6-15(11-22)10-17(25-19(23)13(2)7-8-21)18-14(3)20(24)26-16(18)9-12/h5,7,10,16-18,21-22H,3-4,6,8-9,11H2,1-2H3. The summed E-state index contributed by atoms with van der Waals surface area (Å²) in [5.74, 6) is -1.60. The van der Waals surface area contributed by atoms with E-state index in [1.165, 1.54) is 6.08 Å². The molecule has 0 amide bonds. The fourth-order valence-corrected chi connectivity index (χ4v) is 3.23. The van der Waals surface area contributed by atoms with Gasteiger partial charge in [-0.1, -0.05) is 18.2 Å². The zero-order valence-electron chi connectivity index (χ0n) is 15.2. The molecule has 0 aromatic heterocycles. The number of hydrogen-bond donors (Lipinski definition) is 2. The number of ether oxygens (including phenoxy) is 2. The molecule has 3 unspecified atom stereocenters. The van der Waals surface area contributed by atoms with Crippen molar-refractivity contribution in [3.8, 4) is 0 Å². The minimum absolute atomic E-state index is 0.162. The van der Waals surface area contributed by atoms with Crippen LogP contribution in [0.25, 0.3) is 0 Å². The predicted molar refractivity (Wildman–Crippen MR) is 96.0 cm³/mol. The van der Waals surface area contributed by atoms with Crippen molar-refractivity contribution in [2.24, 2.45) is 5.92 Å². The summed E-state index contributed by atoms with van der Waals surface area (Å²) in [6, 6.07) is 0. The molecule has 6 nitrogen and oxygen atoms in total. The van der Waals surface area contributed by atoms with E-state index in [-0.39, 0.29) is 24.4 Å². The lowest BCUT2D eigenvalue weighted by molar-refractivity contribution is -0.145.